The average Bonchev–Trinajstić information content (AvgIpc) is 2.91. The van der Waals surface area contributed by atoms with E-state index in [1.807, 2.05) is 30.3 Å². The molecule has 1 aromatic carbocycles. The zero-order valence-corrected chi connectivity index (χ0v) is 12.1. The molecule has 1 aliphatic rings. The number of benzene rings is 1. The molecular formula is C15H19N3O4. The summed E-state index contributed by atoms with van der Waals surface area (Å²) in [6.45, 7) is -0.0675. The van der Waals surface area contributed by atoms with E-state index < -0.39 is 17.9 Å². The lowest BCUT2D eigenvalue weighted by Gasteiger charge is -2.20. The third kappa shape index (κ3) is 3.82. The SMILES string of the molecule is NCC(=O)N1C[C@H](NC(=O)Cc2ccccc2)C[C@H]1C(=O)O. The Balaban J connectivity index is 1.94. The lowest BCUT2D eigenvalue weighted by Crippen LogP contribution is -2.44. The van der Waals surface area contributed by atoms with Crippen LogP contribution < -0.4 is 11.1 Å². The van der Waals surface area contributed by atoms with Gasteiger partial charge in [0.1, 0.15) is 6.04 Å². The van der Waals surface area contributed by atoms with Crippen LogP contribution in [0.25, 0.3) is 0 Å². The fraction of sp³-hybridized carbons (Fsp3) is 0.400. The molecule has 7 heteroatoms. The van der Waals surface area contributed by atoms with Crippen molar-refractivity contribution in [2.45, 2.75) is 24.9 Å². The number of nitrogens with two attached hydrogens (primary N) is 1. The van der Waals surface area contributed by atoms with E-state index in [1.54, 1.807) is 0 Å². The van der Waals surface area contributed by atoms with Crippen LogP contribution in [0.5, 0.6) is 0 Å². The summed E-state index contributed by atoms with van der Waals surface area (Å²) in [7, 11) is 0. The Morgan fingerprint density at radius 3 is 2.55 bits per heavy atom. The highest BCUT2D eigenvalue weighted by Gasteiger charge is 2.39. The molecule has 118 valence electrons. The fourth-order valence-corrected chi connectivity index (χ4v) is 2.63. The van der Waals surface area contributed by atoms with Crippen molar-refractivity contribution in [3.8, 4) is 0 Å². The molecule has 0 radical (unpaired) electrons. The third-order valence-electron chi connectivity index (χ3n) is 3.65. The molecule has 0 spiro atoms. The molecule has 0 aromatic heterocycles. The normalized spacial score (nSPS) is 20.7. The van der Waals surface area contributed by atoms with Crippen molar-refractivity contribution < 1.29 is 19.5 Å². The van der Waals surface area contributed by atoms with Gasteiger partial charge in [-0.25, -0.2) is 4.79 Å². The summed E-state index contributed by atoms with van der Waals surface area (Å²) in [6, 6.07) is 7.95. The second-order valence-electron chi connectivity index (χ2n) is 5.27. The van der Waals surface area contributed by atoms with E-state index in [0.717, 1.165) is 5.56 Å². The van der Waals surface area contributed by atoms with Crippen LogP contribution in [0.15, 0.2) is 30.3 Å². The predicted molar refractivity (Wildman–Crippen MR) is 78.9 cm³/mol. The Bertz CT molecular complexity index is 561. The highest BCUT2D eigenvalue weighted by atomic mass is 16.4. The maximum Gasteiger partial charge on any atom is 0.326 e. The van der Waals surface area contributed by atoms with Crippen LogP contribution in [0.2, 0.25) is 0 Å². The number of nitrogens with one attached hydrogen (secondary N) is 1. The molecule has 2 amide bonds. The average molecular weight is 305 g/mol. The maximum atomic E-state index is 12.0. The molecule has 1 saturated heterocycles. The summed E-state index contributed by atoms with van der Waals surface area (Å²) in [5.41, 5.74) is 6.17. The van der Waals surface area contributed by atoms with Gasteiger partial charge >= 0.3 is 5.97 Å². The van der Waals surface area contributed by atoms with Crippen LogP contribution in [0.4, 0.5) is 0 Å². The van der Waals surface area contributed by atoms with Crippen LogP contribution in [0.3, 0.4) is 0 Å². The van der Waals surface area contributed by atoms with E-state index in [9.17, 15) is 14.4 Å². The number of carbonyl (C=O) groups is 3. The highest BCUT2D eigenvalue weighted by Crippen LogP contribution is 2.18. The topological polar surface area (TPSA) is 113 Å². The molecule has 1 heterocycles. The Morgan fingerprint density at radius 1 is 1.27 bits per heavy atom. The summed E-state index contributed by atoms with van der Waals surface area (Å²) >= 11 is 0. The summed E-state index contributed by atoms with van der Waals surface area (Å²) in [5.74, 6) is -1.70. The van der Waals surface area contributed by atoms with Crippen molar-refractivity contribution in [3.63, 3.8) is 0 Å². The molecule has 22 heavy (non-hydrogen) atoms. The van der Waals surface area contributed by atoms with E-state index >= 15 is 0 Å². The monoisotopic (exact) mass is 305 g/mol. The third-order valence-corrected chi connectivity index (χ3v) is 3.65. The number of aliphatic carboxylic acids is 1. The number of rotatable bonds is 5. The minimum Gasteiger partial charge on any atom is -0.480 e. The molecule has 0 aliphatic carbocycles. The van der Waals surface area contributed by atoms with Gasteiger partial charge in [-0.15, -0.1) is 0 Å². The predicted octanol–water partition coefficient (Wildman–Crippen LogP) is -0.642. The zero-order valence-electron chi connectivity index (χ0n) is 12.1. The van der Waals surface area contributed by atoms with Crippen LogP contribution in [0, 0.1) is 0 Å². The van der Waals surface area contributed by atoms with Crippen LogP contribution >= 0.6 is 0 Å². The van der Waals surface area contributed by atoms with Gasteiger partial charge in [0, 0.05) is 19.0 Å². The van der Waals surface area contributed by atoms with Crippen molar-refractivity contribution in [1.29, 1.82) is 0 Å². The van der Waals surface area contributed by atoms with Gasteiger partial charge in [0.2, 0.25) is 11.8 Å². The Kier molecular flexibility index (Phi) is 5.11. The standard InChI is InChI=1S/C15H19N3O4/c16-8-14(20)18-9-11(7-12(18)15(21)22)17-13(19)6-10-4-2-1-3-5-10/h1-5,11-12H,6-9,16H2,(H,17,19)(H,21,22)/t11-,12+/m1/s1. The Morgan fingerprint density at radius 2 is 1.95 bits per heavy atom. The van der Waals surface area contributed by atoms with E-state index in [0.29, 0.717) is 0 Å². The molecule has 0 unspecified atom stereocenters. The van der Waals surface area contributed by atoms with Crippen molar-refractivity contribution in [2.24, 2.45) is 5.73 Å². The molecular weight excluding hydrogens is 286 g/mol. The number of hydrogen-bond acceptors (Lipinski definition) is 4. The number of likely N-dealkylation sites (tertiary alicyclic amines) is 1. The second-order valence-corrected chi connectivity index (χ2v) is 5.27. The largest absolute Gasteiger partial charge is 0.480 e. The van der Waals surface area contributed by atoms with E-state index in [-0.39, 0.29) is 37.9 Å². The summed E-state index contributed by atoms with van der Waals surface area (Å²) < 4.78 is 0. The van der Waals surface area contributed by atoms with Gasteiger partial charge in [0.05, 0.1) is 13.0 Å². The van der Waals surface area contributed by atoms with Crippen molar-refractivity contribution in [2.75, 3.05) is 13.1 Å². The lowest BCUT2D eigenvalue weighted by molar-refractivity contribution is -0.147. The first kappa shape index (κ1) is 16.0. The van der Waals surface area contributed by atoms with Gasteiger partial charge in [0.15, 0.2) is 0 Å². The quantitative estimate of drug-likeness (QED) is 0.669. The minimum atomic E-state index is -1.08. The maximum absolute atomic E-state index is 12.0. The molecule has 2 atom stereocenters. The number of hydrogen-bond donors (Lipinski definition) is 3. The smallest absolute Gasteiger partial charge is 0.326 e. The number of carboxylic acids is 1. The van der Waals surface area contributed by atoms with E-state index in [1.165, 1.54) is 4.90 Å². The molecule has 1 aromatic rings. The lowest BCUT2D eigenvalue weighted by atomic mass is 10.1. The molecule has 0 saturated carbocycles. The van der Waals surface area contributed by atoms with Crippen molar-refractivity contribution in [3.05, 3.63) is 35.9 Å². The number of carbonyl (C=O) groups excluding carboxylic acids is 2. The van der Waals surface area contributed by atoms with Crippen molar-refractivity contribution >= 4 is 17.8 Å². The molecule has 0 bridgehead atoms. The van der Waals surface area contributed by atoms with Crippen molar-refractivity contribution in [1.82, 2.24) is 10.2 Å². The van der Waals surface area contributed by atoms with Gasteiger partial charge in [-0.2, -0.15) is 0 Å². The minimum absolute atomic E-state index is 0.174. The van der Waals surface area contributed by atoms with E-state index in [4.69, 9.17) is 10.8 Å². The first-order valence-electron chi connectivity index (χ1n) is 7.07. The zero-order chi connectivity index (χ0) is 16.1. The first-order chi connectivity index (χ1) is 10.5. The molecule has 7 nitrogen and oxygen atoms in total. The van der Waals surface area contributed by atoms with Gasteiger partial charge < -0.3 is 21.1 Å². The van der Waals surface area contributed by atoms with Crippen LogP contribution in [-0.2, 0) is 20.8 Å². The summed E-state index contributed by atoms with van der Waals surface area (Å²) in [6.07, 6.45) is 0.418. The highest BCUT2D eigenvalue weighted by molar-refractivity contribution is 5.86. The summed E-state index contributed by atoms with van der Waals surface area (Å²) in [4.78, 5) is 36.1. The molecule has 1 aliphatic heterocycles. The van der Waals surface area contributed by atoms with E-state index in [2.05, 4.69) is 5.32 Å². The Labute approximate surface area is 128 Å². The Hall–Kier alpha value is -2.41. The number of nitrogens with zero attached hydrogens (tertiary/aromatic N) is 1. The van der Waals surface area contributed by atoms with Crippen LogP contribution in [-0.4, -0.2) is 53.0 Å². The van der Waals surface area contributed by atoms with Crippen LogP contribution in [0.1, 0.15) is 12.0 Å². The number of carboxylic acid groups (broad SMARTS) is 1. The fourth-order valence-electron chi connectivity index (χ4n) is 2.63. The van der Waals surface area contributed by atoms with Gasteiger partial charge in [-0.3, -0.25) is 9.59 Å². The second kappa shape index (κ2) is 7.04. The first-order valence-corrected chi connectivity index (χ1v) is 7.07. The molecule has 4 N–H and O–H groups in total. The van der Waals surface area contributed by atoms with Gasteiger partial charge in [0.25, 0.3) is 0 Å². The summed E-state index contributed by atoms with van der Waals surface area (Å²) in [5, 5.41) is 12.0. The molecule has 1 fully saturated rings. The molecule has 2 rings (SSSR count). The van der Waals surface area contributed by atoms with Gasteiger partial charge in [-0.1, -0.05) is 30.3 Å². The van der Waals surface area contributed by atoms with Gasteiger partial charge in [-0.05, 0) is 5.56 Å². The number of amides is 2.